The van der Waals surface area contributed by atoms with Gasteiger partial charge in [-0.3, -0.25) is 19.5 Å². The summed E-state index contributed by atoms with van der Waals surface area (Å²) >= 11 is 0. The first-order chi connectivity index (χ1) is 15.0. The van der Waals surface area contributed by atoms with E-state index >= 15 is 0 Å². The highest BCUT2D eigenvalue weighted by Crippen LogP contribution is 2.41. The third-order valence-corrected chi connectivity index (χ3v) is 5.46. The second-order valence-electron chi connectivity index (χ2n) is 7.34. The summed E-state index contributed by atoms with van der Waals surface area (Å²) in [6, 6.07) is 17.8. The number of anilines is 1. The molecule has 2 N–H and O–H groups in total. The number of hydrogen-bond donors (Lipinski definition) is 2. The van der Waals surface area contributed by atoms with Crippen molar-refractivity contribution in [3.8, 4) is 11.3 Å². The highest BCUT2D eigenvalue weighted by molar-refractivity contribution is 6.16. The quantitative estimate of drug-likeness (QED) is 0.527. The number of H-pyrrole nitrogens is 1. The molecule has 0 radical (unpaired) electrons. The van der Waals surface area contributed by atoms with Crippen LogP contribution in [0.4, 0.5) is 5.69 Å². The normalized spacial score (nSPS) is 16.4. The van der Waals surface area contributed by atoms with Crippen molar-refractivity contribution >= 4 is 28.4 Å². The molecule has 2 aromatic carbocycles. The molecule has 7 nitrogen and oxygen atoms in total. The molecule has 152 valence electrons. The largest absolute Gasteiger partial charge is 0.503 e. The summed E-state index contributed by atoms with van der Waals surface area (Å²) in [6.45, 7) is 1.36. The number of hydrogen-bond acceptors (Lipinski definition) is 5. The fourth-order valence-electron chi connectivity index (χ4n) is 3.99. The number of carbonyl (C=O) groups is 2. The average molecular weight is 410 g/mol. The Labute approximate surface area is 177 Å². The second-order valence-corrected chi connectivity index (χ2v) is 7.34. The molecule has 3 heterocycles. The predicted octanol–water partition coefficient (Wildman–Crippen LogP) is 4.11. The number of ketones is 1. The zero-order valence-corrected chi connectivity index (χ0v) is 16.6. The minimum atomic E-state index is -0.733. The van der Waals surface area contributed by atoms with Crippen LogP contribution in [-0.4, -0.2) is 31.7 Å². The molecule has 1 atom stereocenters. The molecule has 0 saturated heterocycles. The molecular formula is C24H18N4O3. The summed E-state index contributed by atoms with van der Waals surface area (Å²) in [5.41, 5.74) is 4.61. The van der Waals surface area contributed by atoms with Crippen molar-refractivity contribution in [2.24, 2.45) is 0 Å². The number of carbonyl (C=O) groups excluding carboxylic acids is 2. The maximum Gasteiger partial charge on any atom is 0.294 e. The molecule has 0 saturated carbocycles. The van der Waals surface area contributed by atoms with Crippen LogP contribution in [0, 0.1) is 0 Å². The van der Waals surface area contributed by atoms with Gasteiger partial charge in [0.15, 0.2) is 11.5 Å². The third kappa shape index (κ3) is 3.07. The van der Waals surface area contributed by atoms with Crippen LogP contribution in [0.1, 0.15) is 18.5 Å². The Morgan fingerprint density at radius 1 is 1.06 bits per heavy atom. The number of aliphatic hydroxyl groups is 1. The van der Waals surface area contributed by atoms with Gasteiger partial charge in [-0.1, -0.05) is 30.3 Å². The van der Waals surface area contributed by atoms with Crippen molar-refractivity contribution in [2.75, 3.05) is 4.90 Å². The van der Waals surface area contributed by atoms with E-state index in [9.17, 15) is 14.7 Å². The average Bonchev–Trinajstić information content (AvgIpc) is 3.36. The lowest BCUT2D eigenvalue weighted by Crippen LogP contribution is -2.30. The molecule has 0 spiro atoms. The maximum absolute atomic E-state index is 13.0. The summed E-state index contributed by atoms with van der Waals surface area (Å²) in [7, 11) is 0. The number of fused-ring (bicyclic) bond motifs is 1. The number of Topliss-reactive ketones (excluding diaryl/α,β-unsaturated/α-hetero) is 1. The van der Waals surface area contributed by atoms with Gasteiger partial charge < -0.3 is 10.1 Å². The van der Waals surface area contributed by atoms with Crippen molar-refractivity contribution in [3.05, 3.63) is 90.1 Å². The fraction of sp³-hybridized carbons (Fsp3) is 0.0833. The lowest BCUT2D eigenvalue weighted by Gasteiger charge is -2.27. The summed E-state index contributed by atoms with van der Waals surface area (Å²) in [5, 5.41) is 10.5. The molecule has 5 rings (SSSR count). The second kappa shape index (κ2) is 7.21. The van der Waals surface area contributed by atoms with Gasteiger partial charge in [-0.25, -0.2) is 4.98 Å². The number of nitrogens with zero attached hydrogens (tertiary/aromatic N) is 3. The number of nitrogens with one attached hydrogen (secondary N) is 1. The van der Waals surface area contributed by atoms with E-state index in [1.165, 1.54) is 11.8 Å². The van der Waals surface area contributed by atoms with Crippen LogP contribution in [0.2, 0.25) is 0 Å². The number of pyridine rings is 1. The Kier molecular flexibility index (Phi) is 4.36. The molecule has 2 aromatic heterocycles. The van der Waals surface area contributed by atoms with Crippen molar-refractivity contribution < 1.29 is 14.7 Å². The lowest BCUT2D eigenvalue weighted by molar-refractivity contribution is -0.117. The van der Waals surface area contributed by atoms with E-state index in [1.807, 2.05) is 42.5 Å². The van der Waals surface area contributed by atoms with Crippen LogP contribution in [0.25, 0.3) is 22.3 Å². The summed E-state index contributed by atoms with van der Waals surface area (Å²) in [4.78, 5) is 38.4. The monoisotopic (exact) mass is 410 g/mol. The van der Waals surface area contributed by atoms with Gasteiger partial charge in [0.1, 0.15) is 0 Å². The lowest BCUT2D eigenvalue weighted by atomic mass is 9.95. The summed E-state index contributed by atoms with van der Waals surface area (Å²) in [6.07, 6.45) is 3.30. The number of aromatic nitrogens is 3. The molecule has 1 aliphatic heterocycles. The molecule has 0 aliphatic carbocycles. The van der Waals surface area contributed by atoms with Crippen LogP contribution < -0.4 is 4.90 Å². The topological polar surface area (TPSA) is 99.2 Å². The number of aliphatic hydroxyl groups excluding tert-OH is 1. The molecule has 0 fully saturated rings. The van der Waals surface area contributed by atoms with E-state index in [4.69, 9.17) is 0 Å². The van der Waals surface area contributed by atoms with Gasteiger partial charge in [-0.15, -0.1) is 0 Å². The van der Waals surface area contributed by atoms with E-state index in [2.05, 4.69) is 15.0 Å². The van der Waals surface area contributed by atoms with E-state index in [1.54, 1.807) is 30.7 Å². The van der Waals surface area contributed by atoms with Gasteiger partial charge in [0.2, 0.25) is 0 Å². The first-order valence-corrected chi connectivity index (χ1v) is 9.76. The molecule has 1 unspecified atom stereocenters. The minimum absolute atomic E-state index is 0.0836. The molecular weight excluding hydrogens is 392 g/mol. The fourth-order valence-corrected chi connectivity index (χ4v) is 3.99. The SMILES string of the molecule is CC(=O)C1=C(O)C(=O)N(c2ccc3nc[nH]c3c2)C1c1ccc(-c2ccccn2)cc1. The standard InChI is InChI=1S/C24H18N4O3/c1-14(29)21-22(16-7-5-15(6-8-16)18-4-2-3-11-25-18)28(24(31)23(21)30)17-9-10-19-20(12-17)27-13-26-19/h2-13,22,30H,1H3,(H,26,27). The number of rotatable bonds is 4. The number of benzene rings is 2. The van der Waals surface area contributed by atoms with Gasteiger partial charge in [0, 0.05) is 17.4 Å². The summed E-state index contributed by atoms with van der Waals surface area (Å²) in [5.74, 6) is -1.48. The Hall–Kier alpha value is -4.26. The zero-order chi connectivity index (χ0) is 21.5. The van der Waals surface area contributed by atoms with Crippen molar-refractivity contribution in [1.82, 2.24) is 15.0 Å². The Morgan fingerprint density at radius 2 is 1.87 bits per heavy atom. The van der Waals surface area contributed by atoms with Crippen LogP contribution in [0.3, 0.4) is 0 Å². The molecule has 0 bridgehead atoms. The van der Waals surface area contributed by atoms with E-state index in [0.29, 0.717) is 11.3 Å². The Balaban J connectivity index is 1.61. The van der Waals surface area contributed by atoms with Gasteiger partial charge in [0.25, 0.3) is 5.91 Å². The highest BCUT2D eigenvalue weighted by Gasteiger charge is 2.43. The van der Waals surface area contributed by atoms with Crippen LogP contribution >= 0.6 is 0 Å². The molecule has 1 amide bonds. The molecule has 1 aliphatic rings. The van der Waals surface area contributed by atoms with Gasteiger partial charge in [-0.2, -0.15) is 0 Å². The van der Waals surface area contributed by atoms with Gasteiger partial charge >= 0.3 is 0 Å². The number of aromatic amines is 1. The predicted molar refractivity (Wildman–Crippen MR) is 116 cm³/mol. The first kappa shape index (κ1) is 18.7. The van der Waals surface area contributed by atoms with Crippen LogP contribution in [0.5, 0.6) is 0 Å². The smallest absolute Gasteiger partial charge is 0.294 e. The number of amides is 1. The highest BCUT2D eigenvalue weighted by atomic mass is 16.3. The number of imidazole rings is 1. The Morgan fingerprint density at radius 3 is 2.58 bits per heavy atom. The van der Waals surface area contributed by atoms with E-state index in [0.717, 1.165) is 22.3 Å². The minimum Gasteiger partial charge on any atom is -0.503 e. The van der Waals surface area contributed by atoms with Crippen molar-refractivity contribution in [3.63, 3.8) is 0 Å². The van der Waals surface area contributed by atoms with Crippen molar-refractivity contribution in [1.29, 1.82) is 0 Å². The third-order valence-electron chi connectivity index (χ3n) is 5.46. The maximum atomic E-state index is 13.0. The first-order valence-electron chi connectivity index (χ1n) is 9.76. The Bertz CT molecular complexity index is 1340. The van der Waals surface area contributed by atoms with E-state index < -0.39 is 17.7 Å². The molecule has 31 heavy (non-hydrogen) atoms. The van der Waals surface area contributed by atoms with Crippen LogP contribution in [-0.2, 0) is 9.59 Å². The van der Waals surface area contributed by atoms with E-state index in [-0.39, 0.29) is 11.4 Å². The van der Waals surface area contributed by atoms with Gasteiger partial charge in [-0.05, 0) is 42.8 Å². The van der Waals surface area contributed by atoms with Crippen LogP contribution in [0.15, 0.2) is 84.5 Å². The molecule has 7 heteroatoms. The zero-order valence-electron chi connectivity index (χ0n) is 16.6. The molecule has 4 aromatic rings. The van der Waals surface area contributed by atoms with Gasteiger partial charge in [0.05, 0.1) is 34.7 Å². The van der Waals surface area contributed by atoms with Crippen molar-refractivity contribution in [2.45, 2.75) is 13.0 Å². The summed E-state index contributed by atoms with van der Waals surface area (Å²) < 4.78 is 0.